The second-order valence-electron chi connectivity index (χ2n) is 5.27. The lowest BCUT2D eigenvalue weighted by Gasteiger charge is -2.40. The first-order valence-electron chi connectivity index (χ1n) is 7.18. The minimum absolute atomic E-state index is 0.661. The van der Waals surface area contributed by atoms with E-state index in [1.165, 1.54) is 25.2 Å². The van der Waals surface area contributed by atoms with Crippen molar-refractivity contribution in [1.82, 2.24) is 19.8 Å². The summed E-state index contributed by atoms with van der Waals surface area (Å²) in [5.41, 5.74) is 0. The Morgan fingerprint density at radius 1 is 1.39 bits per heavy atom. The summed E-state index contributed by atoms with van der Waals surface area (Å²) in [5, 5.41) is 3.64. The number of nitrogens with zero attached hydrogens (tertiary/aromatic N) is 3. The van der Waals surface area contributed by atoms with Crippen LogP contribution >= 0.6 is 0 Å². The van der Waals surface area contributed by atoms with Crippen LogP contribution in [-0.2, 0) is 13.5 Å². The van der Waals surface area contributed by atoms with Gasteiger partial charge in [-0.3, -0.25) is 4.90 Å². The van der Waals surface area contributed by atoms with Gasteiger partial charge < -0.3 is 9.88 Å². The number of rotatable bonds is 5. The van der Waals surface area contributed by atoms with E-state index in [-0.39, 0.29) is 0 Å². The van der Waals surface area contributed by atoms with E-state index < -0.39 is 0 Å². The monoisotopic (exact) mass is 250 g/mol. The van der Waals surface area contributed by atoms with Gasteiger partial charge in [0.1, 0.15) is 5.82 Å². The molecular weight excluding hydrogens is 224 g/mol. The topological polar surface area (TPSA) is 33.1 Å². The molecular formula is C14H26N4. The fourth-order valence-electron chi connectivity index (χ4n) is 2.76. The van der Waals surface area contributed by atoms with E-state index in [1.54, 1.807) is 0 Å². The van der Waals surface area contributed by atoms with Gasteiger partial charge in [0.2, 0.25) is 0 Å². The van der Waals surface area contributed by atoms with Crippen LogP contribution in [0.2, 0.25) is 0 Å². The molecule has 2 rings (SSSR count). The smallest absolute Gasteiger partial charge is 0.109 e. The predicted molar refractivity (Wildman–Crippen MR) is 74.6 cm³/mol. The average molecular weight is 250 g/mol. The summed E-state index contributed by atoms with van der Waals surface area (Å²) in [6.45, 7) is 7.99. The Morgan fingerprint density at radius 2 is 2.22 bits per heavy atom. The van der Waals surface area contributed by atoms with Gasteiger partial charge in [-0.2, -0.15) is 0 Å². The second-order valence-corrected chi connectivity index (χ2v) is 5.27. The number of aromatic nitrogens is 2. The summed E-state index contributed by atoms with van der Waals surface area (Å²) >= 11 is 0. The Kier molecular flexibility index (Phi) is 4.78. The molecule has 2 unspecified atom stereocenters. The van der Waals surface area contributed by atoms with Crippen molar-refractivity contribution < 1.29 is 0 Å². The number of piperazine rings is 1. The van der Waals surface area contributed by atoms with Crippen LogP contribution in [-0.4, -0.2) is 46.2 Å². The zero-order valence-electron chi connectivity index (χ0n) is 11.9. The molecule has 2 atom stereocenters. The standard InChI is InChI=1S/C14H26N4/c1-4-12-11-18(13(5-2)10-16-12)8-6-14-15-7-9-17(14)3/h7,9,12-13,16H,4-6,8,10-11H2,1-3H3. The second kappa shape index (κ2) is 6.34. The van der Waals surface area contributed by atoms with Gasteiger partial charge in [0, 0.05) is 57.6 Å². The van der Waals surface area contributed by atoms with Crippen LogP contribution in [0.15, 0.2) is 12.4 Å². The molecule has 1 saturated heterocycles. The molecule has 0 amide bonds. The summed E-state index contributed by atoms with van der Waals surface area (Å²) in [7, 11) is 2.08. The zero-order chi connectivity index (χ0) is 13.0. The lowest BCUT2D eigenvalue weighted by Crippen LogP contribution is -2.56. The van der Waals surface area contributed by atoms with Crippen molar-refractivity contribution in [3.8, 4) is 0 Å². The fraction of sp³-hybridized carbons (Fsp3) is 0.786. The summed E-state index contributed by atoms with van der Waals surface area (Å²) in [4.78, 5) is 7.05. The highest BCUT2D eigenvalue weighted by Crippen LogP contribution is 2.12. The van der Waals surface area contributed by atoms with Crippen LogP contribution in [0.3, 0.4) is 0 Å². The lowest BCUT2D eigenvalue weighted by molar-refractivity contribution is 0.125. The van der Waals surface area contributed by atoms with Crippen molar-refractivity contribution >= 4 is 0 Å². The minimum Gasteiger partial charge on any atom is -0.338 e. The van der Waals surface area contributed by atoms with Gasteiger partial charge in [0.25, 0.3) is 0 Å². The fourth-order valence-corrected chi connectivity index (χ4v) is 2.76. The van der Waals surface area contributed by atoms with E-state index in [2.05, 4.69) is 40.7 Å². The Morgan fingerprint density at radius 3 is 2.83 bits per heavy atom. The van der Waals surface area contributed by atoms with Gasteiger partial charge in [-0.15, -0.1) is 0 Å². The Bertz CT molecular complexity index is 360. The first-order valence-corrected chi connectivity index (χ1v) is 7.18. The van der Waals surface area contributed by atoms with E-state index in [0.29, 0.717) is 12.1 Å². The normalized spacial score (nSPS) is 25.5. The third-order valence-electron chi connectivity index (χ3n) is 4.12. The van der Waals surface area contributed by atoms with Crippen LogP contribution in [0.25, 0.3) is 0 Å². The van der Waals surface area contributed by atoms with E-state index in [1.807, 2.05) is 12.4 Å². The Hall–Kier alpha value is -0.870. The van der Waals surface area contributed by atoms with Gasteiger partial charge in [-0.25, -0.2) is 4.98 Å². The number of hydrogen-bond acceptors (Lipinski definition) is 3. The highest BCUT2D eigenvalue weighted by Gasteiger charge is 2.25. The van der Waals surface area contributed by atoms with Crippen molar-refractivity contribution in [1.29, 1.82) is 0 Å². The molecule has 0 aliphatic carbocycles. The van der Waals surface area contributed by atoms with E-state index in [4.69, 9.17) is 0 Å². The third-order valence-corrected chi connectivity index (χ3v) is 4.12. The molecule has 4 nitrogen and oxygen atoms in total. The van der Waals surface area contributed by atoms with Crippen LogP contribution in [0.1, 0.15) is 32.5 Å². The molecule has 0 radical (unpaired) electrons. The SMILES string of the molecule is CCC1CN(CCc2nccn2C)C(CC)CN1. The third kappa shape index (κ3) is 3.12. The molecule has 1 aliphatic rings. The molecule has 2 heterocycles. The quantitative estimate of drug-likeness (QED) is 0.858. The van der Waals surface area contributed by atoms with Crippen molar-refractivity contribution in [2.75, 3.05) is 19.6 Å². The molecule has 1 fully saturated rings. The molecule has 1 aliphatic heterocycles. The van der Waals surface area contributed by atoms with Crippen molar-refractivity contribution in [3.05, 3.63) is 18.2 Å². The maximum Gasteiger partial charge on any atom is 0.109 e. The number of nitrogens with one attached hydrogen (secondary N) is 1. The summed E-state index contributed by atoms with van der Waals surface area (Å²) in [6, 6.07) is 1.35. The van der Waals surface area contributed by atoms with Gasteiger partial charge in [-0.05, 0) is 12.8 Å². The van der Waals surface area contributed by atoms with E-state index in [9.17, 15) is 0 Å². The van der Waals surface area contributed by atoms with Crippen LogP contribution < -0.4 is 5.32 Å². The molecule has 4 heteroatoms. The van der Waals surface area contributed by atoms with Gasteiger partial charge in [0.05, 0.1) is 0 Å². The van der Waals surface area contributed by atoms with Gasteiger partial charge in [0.15, 0.2) is 0 Å². The highest BCUT2D eigenvalue weighted by atomic mass is 15.2. The number of imidazole rings is 1. The molecule has 1 aromatic rings. The molecule has 0 bridgehead atoms. The molecule has 0 spiro atoms. The van der Waals surface area contributed by atoms with Gasteiger partial charge in [-0.1, -0.05) is 13.8 Å². The molecule has 18 heavy (non-hydrogen) atoms. The Balaban J connectivity index is 1.90. The van der Waals surface area contributed by atoms with Crippen LogP contribution in [0.4, 0.5) is 0 Å². The van der Waals surface area contributed by atoms with Crippen LogP contribution in [0.5, 0.6) is 0 Å². The Labute approximate surface area is 110 Å². The molecule has 1 N–H and O–H groups in total. The largest absolute Gasteiger partial charge is 0.338 e. The summed E-state index contributed by atoms with van der Waals surface area (Å²) in [5.74, 6) is 1.19. The summed E-state index contributed by atoms with van der Waals surface area (Å²) in [6.07, 6.45) is 7.41. The predicted octanol–water partition coefficient (Wildman–Crippen LogP) is 1.42. The maximum absolute atomic E-state index is 4.41. The minimum atomic E-state index is 0.661. The van der Waals surface area contributed by atoms with Gasteiger partial charge >= 0.3 is 0 Å². The molecule has 102 valence electrons. The van der Waals surface area contributed by atoms with E-state index in [0.717, 1.165) is 19.5 Å². The van der Waals surface area contributed by atoms with Crippen molar-refractivity contribution in [2.24, 2.45) is 7.05 Å². The zero-order valence-corrected chi connectivity index (χ0v) is 11.9. The van der Waals surface area contributed by atoms with Crippen molar-refractivity contribution in [3.63, 3.8) is 0 Å². The molecule has 1 aromatic heterocycles. The average Bonchev–Trinajstić information content (AvgIpc) is 2.81. The molecule has 0 saturated carbocycles. The van der Waals surface area contributed by atoms with Crippen LogP contribution in [0, 0.1) is 0 Å². The summed E-state index contributed by atoms with van der Waals surface area (Å²) < 4.78 is 2.13. The number of aryl methyl sites for hydroxylation is 1. The highest BCUT2D eigenvalue weighted by molar-refractivity contribution is 4.93. The number of hydrogen-bond donors (Lipinski definition) is 1. The maximum atomic E-state index is 4.41. The van der Waals surface area contributed by atoms with Crippen molar-refractivity contribution in [2.45, 2.75) is 45.2 Å². The first-order chi connectivity index (χ1) is 8.74. The van der Waals surface area contributed by atoms with E-state index >= 15 is 0 Å². The lowest BCUT2D eigenvalue weighted by atomic mass is 10.0. The molecule has 0 aromatic carbocycles. The first kappa shape index (κ1) is 13.6.